The normalized spacial score (nSPS) is 17.7. The summed E-state index contributed by atoms with van der Waals surface area (Å²) < 4.78 is 54.3. The van der Waals surface area contributed by atoms with Crippen molar-refractivity contribution in [3.8, 4) is 5.75 Å². The van der Waals surface area contributed by atoms with E-state index < -0.39 is 18.6 Å². The minimum Gasteiger partial charge on any atom is -0.482 e. The minimum atomic E-state index is -4.51. The Morgan fingerprint density at radius 2 is 2.14 bits per heavy atom. The number of hydrogen-bond acceptors (Lipinski definition) is 3. The lowest BCUT2D eigenvalue weighted by Crippen LogP contribution is -2.25. The molecule has 1 fully saturated rings. The van der Waals surface area contributed by atoms with Crippen LogP contribution < -0.4 is 15.4 Å². The summed E-state index contributed by atoms with van der Waals surface area (Å²) in [6.45, 7) is -0.328. The van der Waals surface area contributed by atoms with Gasteiger partial charge in [0, 0.05) is 12.6 Å². The molecule has 1 aliphatic heterocycles. The predicted molar refractivity (Wildman–Crippen MR) is 74.8 cm³/mol. The number of benzene rings is 1. The minimum absolute atomic E-state index is 0. The van der Waals surface area contributed by atoms with Crippen LogP contribution in [0.2, 0.25) is 0 Å². The van der Waals surface area contributed by atoms with Gasteiger partial charge in [-0.15, -0.1) is 12.4 Å². The first-order chi connectivity index (χ1) is 9.85. The molecule has 0 spiro atoms. The molecule has 22 heavy (non-hydrogen) atoms. The molecule has 1 aliphatic rings. The maximum atomic E-state index is 13.2. The number of ether oxygens (including phenoxy) is 1. The van der Waals surface area contributed by atoms with E-state index >= 15 is 0 Å². The number of nitrogens with one attached hydrogen (secondary N) is 2. The van der Waals surface area contributed by atoms with Crippen LogP contribution in [0.3, 0.4) is 0 Å². The Bertz CT molecular complexity index is 519. The Kier molecular flexibility index (Phi) is 6.43. The summed E-state index contributed by atoms with van der Waals surface area (Å²) in [5.41, 5.74) is -0.101. The zero-order chi connectivity index (χ0) is 15.5. The van der Waals surface area contributed by atoms with Gasteiger partial charge < -0.3 is 15.4 Å². The van der Waals surface area contributed by atoms with Crippen LogP contribution in [0.25, 0.3) is 0 Å². The molecule has 1 heterocycles. The van der Waals surface area contributed by atoms with Crippen molar-refractivity contribution in [2.45, 2.75) is 12.6 Å². The quantitative estimate of drug-likeness (QED) is 0.827. The molecule has 0 saturated carbocycles. The lowest BCUT2D eigenvalue weighted by Gasteiger charge is -2.15. The van der Waals surface area contributed by atoms with Crippen molar-refractivity contribution in [1.82, 2.24) is 5.32 Å². The van der Waals surface area contributed by atoms with E-state index in [9.17, 15) is 22.4 Å². The third kappa shape index (κ3) is 5.34. The molecular weight excluding hydrogens is 328 g/mol. The number of amides is 1. The van der Waals surface area contributed by atoms with Gasteiger partial charge in [0.05, 0.1) is 11.6 Å². The van der Waals surface area contributed by atoms with Gasteiger partial charge in [0.25, 0.3) is 0 Å². The molecule has 2 rings (SSSR count). The van der Waals surface area contributed by atoms with Crippen LogP contribution in [0.5, 0.6) is 5.75 Å². The number of carbonyl (C=O) groups is 1. The molecule has 0 bridgehead atoms. The lowest BCUT2D eigenvalue weighted by molar-refractivity contribution is -0.153. The molecule has 2 N–H and O–H groups in total. The Balaban J connectivity index is 0.00000242. The monoisotopic (exact) mass is 342 g/mol. The fourth-order valence-corrected chi connectivity index (χ4v) is 2.00. The number of halogens is 5. The van der Waals surface area contributed by atoms with Gasteiger partial charge in [0.15, 0.2) is 6.61 Å². The summed E-state index contributed by atoms with van der Waals surface area (Å²) in [5, 5.41) is 5.41. The molecular formula is C13H15ClF4N2O2. The van der Waals surface area contributed by atoms with Gasteiger partial charge >= 0.3 is 6.18 Å². The third-order valence-corrected chi connectivity index (χ3v) is 3.02. The second kappa shape index (κ2) is 7.64. The number of rotatable bonds is 4. The zero-order valence-electron chi connectivity index (χ0n) is 11.4. The van der Waals surface area contributed by atoms with Crippen LogP contribution in [-0.4, -0.2) is 31.8 Å². The molecule has 0 aliphatic carbocycles. The highest BCUT2D eigenvalue weighted by Gasteiger charge is 2.29. The van der Waals surface area contributed by atoms with Crippen molar-refractivity contribution < 1.29 is 27.1 Å². The standard InChI is InChI=1S/C13H14F4N2O2.ClH/c14-9-1-2-11(21-7-13(15,16)17)10(5-9)19-12(20)8-3-4-18-6-8;/h1-2,5,8,18H,3-4,6-7H2,(H,19,20);1H. The first kappa shape index (κ1) is 18.5. The van der Waals surface area contributed by atoms with E-state index in [0.29, 0.717) is 19.5 Å². The average Bonchev–Trinajstić information content (AvgIpc) is 2.90. The van der Waals surface area contributed by atoms with E-state index in [4.69, 9.17) is 0 Å². The SMILES string of the molecule is Cl.O=C(Nc1cc(F)ccc1OCC(F)(F)F)C1CCNC1. The van der Waals surface area contributed by atoms with Crippen LogP contribution in [0.4, 0.5) is 23.2 Å². The first-order valence-electron chi connectivity index (χ1n) is 6.36. The van der Waals surface area contributed by atoms with Crippen molar-refractivity contribution in [1.29, 1.82) is 0 Å². The molecule has 1 saturated heterocycles. The van der Waals surface area contributed by atoms with Crippen molar-refractivity contribution in [2.75, 3.05) is 25.0 Å². The topological polar surface area (TPSA) is 50.4 Å². The molecule has 9 heteroatoms. The molecule has 1 aromatic carbocycles. The molecule has 4 nitrogen and oxygen atoms in total. The summed E-state index contributed by atoms with van der Waals surface area (Å²) in [7, 11) is 0. The molecule has 1 amide bonds. The van der Waals surface area contributed by atoms with Crippen LogP contribution in [-0.2, 0) is 4.79 Å². The maximum absolute atomic E-state index is 13.2. The van der Waals surface area contributed by atoms with Gasteiger partial charge in [-0.2, -0.15) is 13.2 Å². The highest BCUT2D eigenvalue weighted by Crippen LogP contribution is 2.28. The average molecular weight is 343 g/mol. The largest absolute Gasteiger partial charge is 0.482 e. The molecule has 0 radical (unpaired) electrons. The van der Waals surface area contributed by atoms with Crippen LogP contribution in [0.15, 0.2) is 18.2 Å². The predicted octanol–water partition coefficient (Wildman–Crippen LogP) is 2.74. The van der Waals surface area contributed by atoms with Crippen LogP contribution in [0, 0.1) is 11.7 Å². The molecule has 1 aromatic rings. The van der Waals surface area contributed by atoms with E-state index in [0.717, 1.165) is 18.2 Å². The smallest absolute Gasteiger partial charge is 0.422 e. The Morgan fingerprint density at radius 3 is 2.73 bits per heavy atom. The highest BCUT2D eigenvalue weighted by molar-refractivity contribution is 5.94. The number of anilines is 1. The van der Waals surface area contributed by atoms with Gasteiger partial charge in [0.1, 0.15) is 11.6 Å². The summed E-state index contributed by atoms with van der Waals surface area (Å²) in [5.74, 6) is -1.55. The molecule has 124 valence electrons. The maximum Gasteiger partial charge on any atom is 0.422 e. The van der Waals surface area contributed by atoms with Gasteiger partial charge in [-0.25, -0.2) is 4.39 Å². The van der Waals surface area contributed by atoms with Crippen molar-refractivity contribution in [2.24, 2.45) is 5.92 Å². The fourth-order valence-electron chi connectivity index (χ4n) is 2.00. The van der Waals surface area contributed by atoms with Crippen LogP contribution in [0.1, 0.15) is 6.42 Å². The molecule has 1 atom stereocenters. The zero-order valence-corrected chi connectivity index (χ0v) is 12.2. The second-order valence-corrected chi connectivity index (χ2v) is 4.72. The fraction of sp³-hybridized carbons (Fsp3) is 0.462. The van der Waals surface area contributed by atoms with Crippen molar-refractivity contribution >= 4 is 24.0 Å². The summed E-state index contributed by atoms with van der Waals surface area (Å²) >= 11 is 0. The van der Waals surface area contributed by atoms with Gasteiger partial charge in [0.2, 0.25) is 5.91 Å². The summed E-state index contributed by atoms with van der Waals surface area (Å²) in [4.78, 5) is 11.9. The van der Waals surface area contributed by atoms with E-state index in [-0.39, 0.29) is 35.7 Å². The van der Waals surface area contributed by atoms with Crippen molar-refractivity contribution in [3.63, 3.8) is 0 Å². The Morgan fingerprint density at radius 1 is 1.41 bits per heavy atom. The number of alkyl halides is 3. The van der Waals surface area contributed by atoms with Gasteiger partial charge in [-0.05, 0) is 25.1 Å². The number of carbonyl (C=O) groups excluding carboxylic acids is 1. The number of hydrogen-bond donors (Lipinski definition) is 2. The van der Waals surface area contributed by atoms with Crippen LogP contribution >= 0.6 is 12.4 Å². The van der Waals surface area contributed by atoms with E-state index in [1.54, 1.807) is 0 Å². The van der Waals surface area contributed by atoms with E-state index in [1.165, 1.54) is 0 Å². The van der Waals surface area contributed by atoms with E-state index in [2.05, 4.69) is 15.4 Å². The highest BCUT2D eigenvalue weighted by atomic mass is 35.5. The Labute approximate surface area is 130 Å². The summed E-state index contributed by atoms with van der Waals surface area (Å²) in [6.07, 6.45) is -3.88. The first-order valence-corrected chi connectivity index (χ1v) is 6.36. The Hall–Kier alpha value is -1.54. The molecule has 1 unspecified atom stereocenters. The lowest BCUT2D eigenvalue weighted by atomic mass is 10.1. The van der Waals surface area contributed by atoms with Gasteiger partial charge in [-0.1, -0.05) is 0 Å². The second-order valence-electron chi connectivity index (χ2n) is 4.72. The third-order valence-electron chi connectivity index (χ3n) is 3.02. The van der Waals surface area contributed by atoms with Crippen molar-refractivity contribution in [3.05, 3.63) is 24.0 Å². The molecule has 0 aromatic heterocycles. The summed E-state index contributed by atoms with van der Waals surface area (Å²) in [6, 6.07) is 2.97. The van der Waals surface area contributed by atoms with E-state index in [1.807, 2.05) is 0 Å². The van der Waals surface area contributed by atoms with Gasteiger partial charge in [-0.3, -0.25) is 4.79 Å².